The molecule has 3 unspecified atom stereocenters. The molecule has 1 aliphatic heterocycles. The number of hydrogen-bond acceptors (Lipinski definition) is 3. The van der Waals surface area contributed by atoms with E-state index in [-0.39, 0.29) is 23.4 Å². The second kappa shape index (κ2) is 4.72. The van der Waals surface area contributed by atoms with E-state index in [1.54, 1.807) is 0 Å². The molecule has 16 heavy (non-hydrogen) atoms. The van der Waals surface area contributed by atoms with Crippen molar-refractivity contribution < 1.29 is 9.53 Å². The fourth-order valence-electron chi connectivity index (χ4n) is 2.63. The number of nitrogens with one attached hydrogen (secondary N) is 1. The van der Waals surface area contributed by atoms with Crippen LogP contribution in [-0.4, -0.2) is 30.7 Å². The van der Waals surface area contributed by atoms with Gasteiger partial charge in [0.05, 0.1) is 12.1 Å². The lowest BCUT2D eigenvalue weighted by Crippen LogP contribution is -2.50. The van der Waals surface area contributed by atoms with Crippen LogP contribution in [0.1, 0.15) is 39.0 Å². The van der Waals surface area contributed by atoms with Gasteiger partial charge in [0, 0.05) is 18.6 Å². The van der Waals surface area contributed by atoms with E-state index < -0.39 is 0 Å². The molecule has 4 nitrogen and oxygen atoms in total. The number of carbonyl (C=O) groups is 1. The van der Waals surface area contributed by atoms with Crippen molar-refractivity contribution in [1.29, 1.82) is 0 Å². The molecule has 0 aromatic heterocycles. The molecule has 2 fully saturated rings. The van der Waals surface area contributed by atoms with Gasteiger partial charge in [-0.2, -0.15) is 0 Å². The van der Waals surface area contributed by atoms with Gasteiger partial charge in [-0.05, 0) is 32.6 Å². The van der Waals surface area contributed by atoms with Gasteiger partial charge in [-0.25, -0.2) is 0 Å². The van der Waals surface area contributed by atoms with E-state index >= 15 is 0 Å². The molecule has 1 aliphatic carbocycles. The third kappa shape index (κ3) is 2.74. The molecule has 0 bridgehead atoms. The highest BCUT2D eigenvalue weighted by Crippen LogP contribution is 2.25. The molecule has 1 saturated carbocycles. The Hall–Kier alpha value is -0.610. The van der Waals surface area contributed by atoms with Crippen LogP contribution in [0.3, 0.4) is 0 Å². The summed E-state index contributed by atoms with van der Waals surface area (Å²) in [6.45, 7) is 3.44. The number of hydrogen-bond donors (Lipinski definition) is 2. The minimum absolute atomic E-state index is 0.112. The average Bonchev–Trinajstić information content (AvgIpc) is 2.65. The molecule has 1 heterocycles. The molecule has 0 spiro atoms. The summed E-state index contributed by atoms with van der Waals surface area (Å²) < 4.78 is 5.33. The topological polar surface area (TPSA) is 64.4 Å². The Morgan fingerprint density at radius 2 is 2.31 bits per heavy atom. The van der Waals surface area contributed by atoms with Crippen LogP contribution in [0.2, 0.25) is 0 Å². The molecule has 1 amide bonds. The summed E-state index contributed by atoms with van der Waals surface area (Å²) in [4.78, 5) is 12.1. The summed E-state index contributed by atoms with van der Waals surface area (Å²) in [5, 5.41) is 3.13. The zero-order valence-corrected chi connectivity index (χ0v) is 10.00. The Bertz CT molecular complexity index is 262. The summed E-state index contributed by atoms with van der Waals surface area (Å²) in [6.07, 6.45) is 4.87. The average molecular weight is 226 g/mol. The van der Waals surface area contributed by atoms with Crippen LogP contribution in [0, 0.1) is 5.92 Å². The quantitative estimate of drug-likeness (QED) is 0.732. The zero-order chi connectivity index (χ0) is 11.6. The summed E-state index contributed by atoms with van der Waals surface area (Å²) in [6, 6.07) is 0.206. The highest BCUT2D eigenvalue weighted by molar-refractivity contribution is 5.79. The van der Waals surface area contributed by atoms with Gasteiger partial charge in [-0.3, -0.25) is 4.79 Å². The lowest BCUT2D eigenvalue weighted by molar-refractivity contribution is -0.128. The first-order valence-electron chi connectivity index (χ1n) is 6.24. The normalized spacial score (nSPS) is 39.6. The van der Waals surface area contributed by atoms with Crippen molar-refractivity contribution in [3.05, 3.63) is 0 Å². The Balaban J connectivity index is 1.87. The first-order valence-corrected chi connectivity index (χ1v) is 6.24. The van der Waals surface area contributed by atoms with E-state index in [9.17, 15) is 4.79 Å². The second-order valence-electron chi connectivity index (χ2n) is 5.48. The molecular formula is C12H22N2O2. The van der Waals surface area contributed by atoms with Crippen LogP contribution in [0.4, 0.5) is 0 Å². The van der Waals surface area contributed by atoms with Crippen molar-refractivity contribution in [3.63, 3.8) is 0 Å². The molecule has 0 radical (unpaired) electrons. The maximum Gasteiger partial charge on any atom is 0.223 e. The Kier molecular flexibility index (Phi) is 3.50. The minimum Gasteiger partial charge on any atom is -0.379 e. The highest BCUT2D eigenvalue weighted by atomic mass is 16.5. The van der Waals surface area contributed by atoms with Crippen LogP contribution < -0.4 is 11.1 Å². The van der Waals surface area contributed by atoms with Crippen LogP contribution >= 0.6 is 0 Å². The molecule has 1 saturated heterocycles. The fraction of sp³-hybridized carbons (Fsp3) is 0.917. The summed E-state index contributed by atoms with van der Waals surface area (Å²) in [5.74, 6) is 0.282. The summed E-state index contributed by atoms with van der Waals surface area (Å²) in [5.41, 5.74) is 5.75. The highest BCUT2D eigenvalue weighted by Gasteiger charge is 2.34. The van der Waals surface area contributed by atoms with Crippen molar-refractivity contribution in [3.8, 4) is 0 Å². The number of nitrogens with two attached hydrogens (primary N) is 1. The third-order valence-electron chi connectivity index (χ3n) is 3.73. The Labute approximate surface area is 96.9 Å². The summed E-state index contributed by atoms with van der Waals surface area (Å²) in [7, 11) is 0. The predicted octanol–water partition coefficient (Wildman–Crippen LogP) is 0.799. The molecule has 92 valence electrons. The largest absolute Gasteiger partial charge is 0.379 e. The van der Waals surface area contributed by atoms with Crippen LogP contribution in [0.25, 0.3) is 0 Å². The molecule has 2 rings (SSSR count). The SMILES string of the molecule is CC1(NC(=O)C2CCCC(N)C2)CCOC1. The number of amides is 1. The molecule has 0 aromatic rings. The monoisotopic (exact) mass is 226 g/mol. The van der Waals surface area contributed by atoms with Gasteiger partial charge >= 0.3 is 0 Å². The van der Waals surface area contributed by atoms with Crippen molar-refractivity contribution in [2.45, 2.75) is 50.6 Å². The lowest BCUT2D eigenvalue weighted by Gasteiger charge is -2.30. The van der Waals surface area contributed by atoms with Gasteiger partial charge in [0.25, 0.3) is 0 Å². The predicted molar refractivity (Wildman–Crippen MR) is 61.9 cm³/mol. The van der Waals surface area contributed by atoms with Gasteiger partial charge in [-0.1, -0.05) is 6.42 Å². The fourth-order valence-corrected chi connectivity index (χ4v) is 2.63. The van der Waals surface area contributed by atoms with Gasteiger partial charge < -0.3 is 15.8 Å². The molecule has 3 atom stereocenters. The summed E-state index contributed by atoms with van der Waals surface area (Å²) >= 11 is 0. The van der Waals surface area contributed by atoms with Crippen molar-refractivity contribution in [1.82, 2.24) is 5.32 Å². The number of ether oxygens (including phenoxy) is 1. The van der Waals surface area contributed by atoms with E-state index in [0.29, 0.717) is 6.61 Å². The molecule has 0 aromatic carbocycles. The molecule has 4 heteroatoms. The van der Waals surface area contributed by atoms with E-state index in [1.807, 2.05) is 0 Å². The second-order valence-corrected chi connectivity index (χ2v) is 5.48. The zero-order valence-electron chi connectivity index (χ0n) is 10.00. The van der Waals surface area contributed by atoms with E-state index in [0.717, 1.165) is 38.7 Å². The van der Waals surface area contributed by atoms with Gasteiger partial charge in [-0.15, -0.1) is 0 Å². The maximum absolute atomic E-state index is 12.1. The molecule has 2 aliphatic rings. The molecular weight excluding hydrogens is 204 g/mol. The Morgan fingerprint density at radius 1 is 1.50 bits per heavy atom. The first-order chi connectivity index (χ1) is 7.59. The van der Waals surface area contributed by atoms with E-state index in [2.05, 4.69) is 12.2 Å². The van der Waals surface area contributed by atoms with Crippen LogP contribution in [-0.2, 0) is 9.53 Å². The van der Waals surface area contributed by atoms with Gasteiger partial charge in [0.15, 0.2) is 0 Å². The number of rotatable bonds is 2. The first kappa shape index (κ1) is 11.9. The van der Waals surface area contributed by atoms with Crippen molar-refractivity contribution in [2.24, 2.45) is 11.7 Å². The van der Waals surface area contributed by atoms with Gasteiger partial charge in [0.2, 0.25) is 5.91 Å². The van der Waals surface area contributed by atoms with E-state index in [4.69, 9.17) is 10.5 Å². The smallest absolute Gasteiger partial charge is 0.223 e. The van der Waals surface area contributed by atoms with Crippen molar-refractivity contribution in [2.75, 3.05) is 13.2 Å². The third-order valence-corrected chi connectivity index (χ3v) is 3.73. The van der Waals surface area contributed by atoms with Crippen LogP contribution in [0.15, 0.2) is 0 Å². The lowest BCUT2D eigenvalue weighted by atomic mass is 9.85. The number of carbonyl (C=O) groups excluding carboxylic acids is 1. The maximum atomic E-state index is 12.1. The van der Waals surface area contributed by atoms with Gasteiger partial charge in [0.1, 0.15) is 0 Å². The molecule has 3 N–H and O–H groups in total. The van der Waals surface area contributed by atoms with Crippen molar-refractivity contribution >= 4 is 5.91 Å². The Morgan fingerprint density at radius 3 is 2.94 bits per heavy atom. The van der Waals surface area contributed by atoms with Crippen LogP contribution in [0.5, 0.6) is 0 Å². The van der Waals surface area contributed by atoms with E-state index in [1.165, 1.54) is 0 Å². The standard InChI is InChI=1S/C12H22N2O2/c1-12(5-6-16-8-12)14-11(15)9-3-2-4-10(13)7-9/h9-10H,2-8,13H2,1H3,(H,14,15). The minimum atomic E-state index is -0.154.